The minimum atomic E-state index is -0.118. The molecule has 4 nitrogen and oxygen atoms in total. The van der Waals surface area contributed by atoms with Crippen molar-refractivity contribution >= 4 is 5.91 Å². The van der Waals surface area contributed by atoms with Crippen LogP contribution >= 0.6 is 0 Å². The lowest BCUT2D eigenvalue weighted by molar-refractivity contribution is 0.0950. The fraction of sp³-hybridized carbons (Fsp3) is 0.500. The summed E-state index contributed by atoms with van der Waals surface area (Å²) in [4.78, 5) is 11.6. The van der Waals surface area contributed by atoms with E-state index in [9.17, 15) is 4.79 Å². The highest BCUT2D eigenvalue weighted by Gasteiger charge is 2.12. The number of rotatable bonds is 4. The molecule has 1 amide bonds. The van der Waals surface area contributed by atoms with Crippen molar-refractivity contribution < 1.29 is 9.21 Å². The van der Waals surface area contributed by atoms with Crippen LogP contribution in [0.4, 0.5) is 0 Å². The second-order valence-electron chi connectivity index (χ2n) is 3.30. The standard InChI is InChI=1S/C10H16N2O2/c1-3-9-8(4-5-14-9)10(13)12-6-7(2)11/h4-5,7H,3,6,11H2,1-2H3,(H,12,13). The second-order valence-corrected chi connectivity index (χ2v) is 3.30. The van der Waals surface area contributed by atoms with Crippen LogP contribution in [0.3, 0.4) is 0 Å². The summed E-state index contributed by atoms with van der Waals surface area (Å²) in [6.45, 7) is 4.27. The first-order valence-corrected chi connectivity index (χ1v) is 4.75. The van der Waals surface area contributed by atoms with Crippen LogP contribution in [-0.4, -0.2) is 18.5 Å². The molecule has 0 aromatic carbocycles. The summed E-state index contributed by atoms with van der Waals surface area (Å²) in [5, 5.41) is 2.74. The maximum Gasteiger partial charge on any atom is 0.254 e. The number of furan rings is 1. The number of hydrogen-bond acceptors (Lipinski definition) is 3. The zero-order chi connectivity index (χ0) is 10.6. The van der Waals surface area contributed by atoms with Crippen LogP contribution in [0.5, 0.6) is 0 Å². The zero-order valence-electron chi connectivity index (χ0n) is 8.54. The summed E-state index contributed by atoms with van der Waals surface area (Å²) >= 11 is 0. The Balaban J connectivity index is 2.60. The van der Waals surface area contributed by atoms with Crippen molar-refractivity contribution in [1.82, 2.24) is 5.32 Å². The van der Waals surface area contributed by atoms with Crippen molar-refractivity contribution in [2.75, 3.05) is 6.54 Å². The molecule has 1 aromatic rings. The van der Waals surface area contributed by atoms with Gasteiger partial charge in [-0.2, -0.15) is 0 Å². The SMILES string of the molecule is CCc1occc1C(=O)NCC(C)N. The molecule has 1 unspecified atom stereocenters. The Morgan fingerprint density at radius 1 is 1.71 bits per heavy atom. The van der Waals surface area contributed by atoms with E-state index < -0.39 is 0 Å². The number of nitrogens with one attached hydrogen (secondary N) is 1. The molecule has 1 heterocycles. The molecular weight excluding hydrogens is 180 g/mol. The lowest BCUT2D eigenvalue weighted by Gasteiger charge is -2.06. The Bertz CT molecular complexity index is 305. The Morgan fingerprint density at radius 3 is 3.00 bits per heavy atom. The van der Waals surface area contributed by atoms with Gasteiger partial charge in [0.15, 0.2) is 0 Å². The molecule has 0 saturated carbocycles. The van der Waals surface area contributed by atoms with Gasteiger partial charge in [0.25, 0.3) is 5.91 Å². The average molecular weight is 196 g/mol. The number of amides is 1. The van der Waals surface area contributed by atoms with Crippen molar-refractivity contribution in [3.05, 3.63) is 23.7 Å². The van der Waals surface area contributed by atoms with Crippen molar-refractivity contribution in [2.24, 2.45) is 5.73 Å². The second kappa shape index (κ2) is 4.81. The Morgan fingerprint density at radius 2 is 2.43 bits per heavy atom. The third-order valence-electron chi connectivity index (χ3n) is 1.90. The summed E-state index contributed by atoms with van der Waals surface area (Å²) in [5.74, 6) is 0.597. The van der Waals surface area contributed by atoms with E-state index in [-0.39, 0.29) is 11.9 Å². The molecule has 0 bridgehead atoms. The van der Waals surface area contributed by atoms with Crippen LogP contribution in [0, 0.1) is 0 Å². The van der Waals surface area contributed by atoms with Crippen molar-refractivity contribution in [3.8, 4) is 0 Å². The lowest BCUT2D eigenvalue weighted by Crippen LogP contribution is -2.35. The maximum atomic E-state index is 11.6. The van der Waals surface area contributed by atoms with Crippen molar-refractivity contribution in [3.63, 3.8) is 0 Å². The number of aryl methyl sites for hydroxylation is 1. The van der Waals surface area contributed by atoms with Gasteiger partial charge in [0.2, 0.25) is 0 Å². The minimum Gasteiger partial charge on any atom is -0.469 e. The van der Waals surface area contributed by atoms with Crippen LogP contribution in [0.25, 0.3) is 0 Å². The smallest absolute Gasteiger partial charge is 0.254 e. The van der Waals surface area contributed by atoms with E-state index in [4.69, 9.17) is 10.2 Å². The molecule has 4 heteroatoms. The van der Waals surface area contributed by atoms with Gasteiger partial charge in [-0.1, -0.05) is 6.92 Å². The van der Waals surface area contributed by atoms with Crippen LogP contribution in [0.15, 0.2) is 16.7 Å². The molecule has 0 radical (unpaired) electrons. The molecule has 3 N–H and O–H groups in total. The predicted octanol–water partition coefficient (Wildman–Crippen LogP) is 0.919. The average Bonchev–Trinajstić information content (AvgIpc) is 2.61. The van der Waals surface area contributed by atoms with Gasteiger partial charge in [0, 0.05) is 19.0 Å². The van der Waals surface area contributed by atoms with Gasteiger partial charge < -0.3 is 15.5 Å². The normalized spacial score (nSPS) is 12.5. The van der Waals surface area contributed by atoms with Gasteiger partial charge in [0.1, 0.15) is 5.76 Å². The van der Waals surface area contributed by atoms with Gasteiger partial charge in [-0.15, -0.1) is 0 Å². The first kappa shape index (κ1) is 10.8. The van der Waals surface area contributed by atoms with E-state index in [1.807, 2.05) is 13.8 Å². The molecule has 0 aliphatic rings. The highest BCUT2D eigenvalue weighted by atomic mass is 16.3. The number of nitrogens with two attached hydrogens (primary N) is 1. The topological polar surface area (TPSA) is 68.3 Å². The molecule has 0 fully saturated rings. The van der Waals surface area contributed by atoms with Gasteiger partial charge in [0.05, 0.1) is 11.8 Å². The molecule has 1 aromatic heterocycles. The van der Waals surface area contributed by atoms with Gasteiger partial charge in [-0.05, 0) is 13.0 Å². The van der Waals surface area contributed by atoms with Gasteiger partial charge in [-0.3, -0.25) is 4.79 Å². The third kappa shape index (κ3) is 2.60. The molecule has 0 spiro atoms. The van der Waals surface area contributed by atoms with E-state index in [1.165, 1.54) is 6.26 Å². The molecule has 14 heavy (non-hydrogen) atoms. The fourth-order valence-corrected chi connectivity index (χ4v) is 1.17. The van der Waals surface area contributed by atoms with E-state index in [0.29, 0.717) is 24.3 Å². The zero-order valence-corrected chi connectivity index (χ0v) is 8.54. The first-order chi connectivity index (χ1) is 6.65. The molecular formula is C10H16N2O2. The summed E-state index contributed by atoms with van der Waals surface area (Å²) in [5.41, 5.74) is 6.13. The molecule has 0 aliphatic carbocycles. The monoisotopic (exact) mass is 196 g/mol. The number of hydrogen-bond donors (Lipinski definition) is 2. The Kier molecular flexibility index (Phi) is 3.71. The molecule has 78 valence electrons. The van der Waals surface area contributed by atoms with E-state index >= 15 is 0 Å². The first-order valence-electron chi connectivity index (χ1n) is 4.75. The highest BCUT2D eigenvalue weighted by molar-refractivity contribution is 5.95. The molecule has 0 saturated heterocycles. The van der Waals surface area contributed by atoms with E-state index in [1.54, 1.807) is 6.07 Å². The van der Waals surface area contributed by atoms with Crippen molar-refractivity contribution in [2.45, 2.75) is 26.3 Å². The van der Waals surface area contributed by atoms with Crippen LogP contribution in [-0.2, 0) is 6.42 Å². The van der Waals surface area contributed by atoms with E-state index in [0.717, 1.165) is 0 Å². The fourth-order valence-electron chi connectivity index (χ4n) is 1.17. The minimum absolute atomic E-state index is 0.0315. The van der Waals surface area contributed by atoms with Crippen LogP contribution in [0.2, 0.25) is 0 Å². The third-order valence-corrected chi connectivity index (χ3v) is 1.90. The van der Waals surface area contributed by atoms with Crippen LogP contribution in [0.1, 0.15) is 30.0 Å². The van der Waals surface area contributed by atoms with Gasteiger partial charge >= 0.3 is 0 Å². The van der Waals surface area contributed by atoms with Crippen LogP contribution < -0.4 is 11.1 Å². The predicted molar refractivity (Wildman–Crippen MR) is 54.1 cm³/mol. The number of carbonyl (C=O) groups excluding carboxylic acids is 1. The quantitative estimate of drug-likeness (QED) is 0.752. The summed E-state index contributed by atoms with van der Waals surface area (Å²) < 4.78 is 5.15. The molecule has 1 atom stereocenters. The molecule has 1 rings (SSSR count). The number of carbonyl (C=O) groups is 1. The Hall–Kier alpha value is -1.29. The largest absolute Gasteiger partial charge is 0.469 e. The summed E-state index contributed by atoms with van der Waals surface area (Å²) in [6.07, 6.45) is 2.24. The lowest BCUT2D eigenvalue weighted by atomic mass is 10.2. The van der Waals surface area contributed by atoms with E-state index in [2.05, 4.69) is 5.32 Å². The summed E-state index contributed by atoms with van der Waals surface area (Å²) in [7, 11) is 0. The van der Waals surface area contributed by atoms with Gasteiger partial charge in [-0.25, -0.2) is 0 Å². The maximum absolute atomic E-state index is 11.6. The molecule has 0 aliphatic heterocycles. The van der Waals surface area contributed by atoms with Crippen molar-refractivity contribution in [1.29, 1.82) is 0 Å². The highest BCUT2D eigenvalue weighted by Crippen LogP contribution is 2.10. The summed E-state index contributed by atoms with van der Waals surface area (Å²) in [6, 6.07) is 1.64. The Labute approximate surface area is 83.5 Å².